The predicted octanol–water partition coefficient (Wildman–Crippen LogP) is 2.03. The van der Waals surface area contributed by atoms with E-state index >= 15 is 0 Å². The third kappa shape index (κ3) is 4.10. The fourth-order valence-electron chi connectivity index (χ4n) is 2.58. The standard InChI is InChI=1S/C11H22N2.2ClH/c1-9(2)3-4-13-7-10-5-12-6-11(10)8-13;;/h9-12H,3-8H2,1-2H3;2*1H/t10-,11+;;. The molecule has 0 spiro atoms. The van der Waals surface area contributed by atoms with E-state index in [1.165, 1.54) is 39.1 Å². The number of hydrogen-bond donors (Lipinski definition) is 1. The highest BCUT2D eigenvalue weighted by Gasteiger charge is 2.35. The highest BCUT2D eigenvalue weighted by Crippen LogP contribution is 2.26. The summed E-state index contributed by atoms with van der Waals surface area (Å²) in [5, 5.41) is 3.48. The van der Waals surface area contributed by atoms with Crippen molar-refractivity contribution in [2.75, 3.05) is 32.7 Å². The summed E-state index contributed by atoms with van der Waals surface area (Å²) in [5.41, 5.74) is 0. The largest absolute Gasteiger partial charge is 0.316 e. The highest BCUT2D eigenvalue weighted by molar-refractivity contribution is 5.85. The molecule has 2 rings (SSSR count). The zero-order valence-electron chi connectivity index (χ0n) is 9.74. The van der Waals surface area contributed by atoms with E-state index in [-0.39, 0.29) is 24.8 Å². The number of halogens is 2. The van der Waals surface area contributed by atoms with Crippen molar-refractivity contribution in [2.45, 2.75) is 20.3 Å². The van der Waals surface area contributed by atoms with Crippen LogP contribution in [0.4, 0.5) is 0 Å². The molecular formula is C11H24Cl2N2. The summed E-state index contributed by atoms with van der Waals surface area (Å²) in [7, 11) is 0. The maximum absolute atomic E-state index is 3.48. The Kier molecular flexibility index (Phi) is 7.18. The van der Waals surface area contributed by atoms with E-state index in [2.05, 4.69) is 24.1 Å². The molecule has 0 aromatic rings. The fourth-order valence-corrected chi connectivity index (χ4v) is 2.58. The maximum atomic E-state index is 3.48. The minimum absolute atomic E-state index is 0. The van der Waals surface area contributed by atoms with Gasteiger partial charge in [-0.1, -0.05) is 13.8 Å². The van der Waals surface area contributed by atoms with Crippen LogP contribution in [-0.4, -0.2) is 37.6 Å². The molecule has 2 aliphatic rings. The lowest BCUT2D eigenvalue weighted by Crippen LogP contribution is -2.27. The predicted molar refractivity (Wildman–Crippen MR) is 70.2 cm³/mol. The van der Waals surface area contributed by atoms with Crippen molar-refractivity contribution in [2.24, 2.45) is 17.8 Å². The van der Waals surface area contributed by atoms with Crippen LogP contribution in [0, 0.1) is 17.8 Å². The first-order chi connectivity index (χ1) is 6.25. The zero-order chi connectivity index (χ0) is 9.26. The lowest BCUT2D eigenvalue weighted by molar-refractivity contribution is 0.292. The van der Waals surface area contributed by atoms with Gasteiger partial charge in [-0.05, 0) is 43.8 Å². The minimum atomic E-state index is 0. The molecule has 2 saturated heterocycles. The summed E-state index contributed by atoms with van der Waals surface area (Å²) >= 11 is 0. The second kappa shape index (κ2) is 6.95. The second-order valence-corrected chi connectivity index (χ2v) is 5.12. The molecule has 0 aromatic heterocycles. The molecule has 0 bridgehead atoms. The Balaban J connectivity index is 0.000000980. The molecule has 0 aromatic carbocycles. The molecule has 0 amide bonds. The molecule has 1 N–H and O–H groups in total. The SMILES string of the molecule is CC(C)CCN1C[C@H]2CNC[C@H]2C1.Cl.Cl. The number of nitrogens with zero attached hydrogens (tertiary/aromatic N) is 1. The van der Waals surface area contributed by atoms with E-state index in [1.54, 1.807) is 0 Å². The average molecular weight is 255 g/mol. The zero-order valence-corrected chi connectivity index (χ0v) is 11.4. The van der Waals surface area contributed by atoms with Crippen molar-refractivity contribution in [1.29, 1.82) is 0 Å². The second-order valence-electron chi connectivity index (χ2n) is 5.12. The van der Waals surface area contributed by atoms with E-state index in [1.807, 2.05) is 0 Å². The fraction of sp³-hybridized carbons (Fsp3) is 1.00. The molecule has 2 atom stereocenters. The van der Waals surface area contributed by atoms with Crippen LogP contribution in [0.1, 0.15) is 20.3 Å². The van der Waals surface area contributed by atoms with Crippen molar-refractivity contribution < 1.29 is 0 Å². The van der Waals surface area contributed by atoms with Crippen LogP contribution in [0.15, 0.2) is 0 Å². The third-order valence-electron chi connectivity index (χ3n) is 3.49. The summed E-state index contributed by atoms with van der Waals surface area (Å²) in [4.78, 5) is 2.66. The molecule has 92 valence electrons. The van der Waals surface area contributed by atoms with Gasteiger partial charge in [-0.25, -0.2) is 0 Å². The van der Waals surface area contributed by atoms with Gasteiger partial charge < -0.3 is 10.2 Å². The van der Waals surface area contributed by atoms with Crippen LogP contribution in [0.5, 0.6) is 0 Å². The van der Waals surface area contributed by atoms with Gasteiger partial charge in [0.25, 0.3) is 0 Å². The molecule has 0 saturated carbocycles. The Morgan fingerprint density at radius 3 is 2.13 bits per heavy atom. The summed E-state index contributed by atoms with van der Waals surface area (Å²) in [6.07, 6.45) is 1.37. The third-order valence-corrected chi connectivity index (χ3v) is 3.49. The molecule has 2 aliphatic heterocycles. The van der Waals surface area contributed by atoms with Gasteiger partial charge in [0.05, 0.1) is 0 Å². The van der Waals surface area contributed by atoms with Crippen LogP contribution in [0.2, 0.25) is 0 Å². The maximum Gasteiger partial charge on any atom is 0.00255 e. The first-order valence-electron chi connectivity index (χ1n) is 5.69. The van der Waals surface area contributed by atoms with Crippen molar-refractivity contribution in [3.63, 3.8) is 0 Å². The average Bonchev–Trinajstić information content (AvgIpc) is 2.58. The van der Waals surface area contributed by atoms with Gasteiger partial charge in [0.15, 0.2) is 0 Å². The quantitative estimate of drug-likeness (QED) is 0.830. The topological polar surface area (TPSA) is 15.3 Å². The van der Waals surface area contributed by atoms with Crippen LogP contribution >= 0.6 is 24.8 Å². The Morgan fingerprint density at radius 1 is 1.13 bits per heavy atom. The molecular weight excluding hydrogens is 231 g/mol. The number of fused-ring (bicyclic) bond motifs is 1. The van der Waals surface area contributed by atoms with Crippen molar-refractivity contribution in [1.82, 2.24) is 10.2 Å². The number of hydrogen-bond acceptors (Lipinski definition) is 2. The van der Waals surface area contributed by atoms with Crippen LogP contribution in [0.25, 0.3) is 0 Å². The Hall–Kier alpha value is 0.500. The van der Waals surface area contributed by atoms with Gasteiger partial charge in [-0.3, -0.25) is 0 Å². The van der Waals surface area contributed by atoms with Gasteiger partial charge in [0.1, 0.15) is 0 Å². The Labute approximate surface area is 106 Å². The van der Waals surface area contributed by atoms with E-state index in [4.69, 9.17) is 0 Å². The molecule has 0 radical (unpaired) electrons. The van der Waals surface area contributed by atoms with Gasteiger partial charge in [-0.15, -0.1) is 24.8 Å². The van der Waals surface area contributed by atoms with E-state index in [0.29, 0.717) is 0 Å². The first-order valence-corrected chi connectivity index (χ1v) is 5.69. The summed E-state index contributed by atoms with van der Waals surface area (Å²) < 4.78 is 0. The van der Waals surface area contributed by atoms with Crippen LogP contribution in [0.3, 0.4) is 0 Å². The molecule has 0 unspecified atom stereocenters. The first kappa shape index (κ1) is 15.5. The lowest BCUT2D eigenvalue weighted by atomic mass is 10.0. The van der Waals surface area contributed by atoms with E-state index in [9.17, 15) is 0 Å². The number of rotatable bonds is 3. The van der Waals surface area contributed by atoms with Gasteiger partial charge in [-0.2, -0.15) is 0 Å². The van der Waals surface area contributed by atoms with Crippen molar-refractivity contribution in [3.05, 3.63) is 0 Å². The molecule has 2 heterocycles. The highest BCUT2D eigenvalue weighted by atomic mass is 35.5. The Bertz CT molecular complexity index is 164. The van der Waals surface area contributed by atoms with Crippen LogP contribution in [-0.2, 0) is 0 Å². The monoisotopic (exact) mass is 254 g/mol. The molecule has 15 heavy (non-hydrogen) atoms. The Morgan fingerprint density at radius 2 is 1.67 bits per heavy atom. The molecule has 2 nitrogen and oxygen atoms in total. The number of likely N-dealkylation sites (tertiary alicyclic amines) is 1. The van der Waals surface area contributed by atoms with Crippen molar-refractivity contribution in [3.8, 4) is 0 Å². The van der Waals surface area contributed by atoms with Crippen LogP contribution < -0.4 is 5.32 Å². The lowest BCUT2D eigenvalue weighted by Gasteiger charge is -2.17. The summed E-state index contributed by atoms with van der Waals surface area (Å²) in [6.45, 7) is 11.2. The van der Waals surface area contributed by atoms with Gasteiger partial charge in [0, 0.05) is 13.1 Å². The summed E-state index contributed by atoms with van der Waals surface area (Å²) in [6, 6.07) is 0. The normalized spacial score (nSPS) is 29.8. The molecule has 0 aliphatic carbocycles. The van der Waals surface area contributed by atoms with E-state index in [0.717, 1.165) is 17.8 Å². The smallest absolute Gasteiger partial charge is 0.00255 e. The van der Waals surface area contributed by atoms with Gasteiger partial charge >= 0.3 is 0 Å². The molecule has 2 fully saturated rings. The molecule has 4 heteroatoms. The van der Waals surface area contributed by atoms with E-state index < -0.39 is 0 Å². The minimum Gasteiger partial charge on any atom is -0.316 e. The summed E-state index contributed by atoms with van der Waals surface area (Å²) in [5.74, 6) is 2.79. The van der Waals surface area contributed by atoms with Gasteiger partial charge in [0.2, 0.25) is 0 Å². The number of nitrogens with one attached hydrogen (secondary N) is 1. The van der Waals surface area contributed by atoms with Crippen molar-refractivity contribution >= 4 is 24.8 Å².